The van der Waals surface area contributed by atoms with Crippen LogP contribution in [-0.2, 0) is 0 Å². The third-order valence-corrected chi connectivity index (χ3v) is 4.18. The van der Waals surface area contributed by atoms with Gasteiger partial charge in [-0.1, -0.05) is 0 Å². The fraction of sp³-hybridized carbons (Fsp3) is 0.917. The van der Waals surface area contributed by atoms with Gasteiger partial charge in [-0.15, -0.1) is 0 Å². The minimum absolute atomic E-state index is 0.531. The van der Waals surface area contributed by atoms with Gasteiger partial charge in [0.2, 0.25) is 0 Å². The first-order valence-corrected chi connectivity index (χ1v) is 6.62. The lowest BCUT2D eigenvalue weighted by Crippen LogP contribution is -2.54. The summed E-state index contributed by atoms with van der Waals surface area (Å²) in [5, 5.41) is 6.97. The molecule has 1 unspecified atom stereocenters. The zero-order valence-electron chi connectivity index (χ0n) is 9.97. The molecular formula is C12H22N4. The van der Waals surface area contributed by atoms with E-state index in [0.717, 1.165) is 19.0 Å². The lowest BCUT2D eigenvalue weighted by Gasteiger charge is -2.46. The third kappa shape index (κ3) is 1.90. The number of guanidine groups is 1. The van der Waals surface area contributed by atoms with Crippen molar-refractivity contribution < 1.29 is 0 Å². The minimum atomic E-state index is 0.531. The molecule has 16 heavy (non-hydrogen) atoms. The van der Waals surface area contributed by atoms with E-state index in [0.29, 0.717) is 5.41 Å². The van der Waals surface area contributed by atoms with Crippen molar-refractivity contribution in [2.24, 2.45) is 10.4 Å². The Morgan fingerprint density at radius 2 is 2.12 bits per heavy atom. The predicted molar refractivity (Wildman–Crippen MR) is 65.6 cm³/mol. The molecular weight excluding hydrogens is 200 g/mol. The van der Waals surface area contributed by atoms with Crippen LogP contribution in [0.4, 0.5) is 0 Å². The molecule has 1 atom stereocenters. The van der Waals surface area contributed by atoms with E-state index in [1.54, 1.807) is 0 Å². The van der Waals surface area contributed by atoms with Gasteiger partial charge in [0.15, 0.2) is 5.96 Å². The maximum atomic E-state index is 4.55. The summed E-state index contributed by atoms with van der Waals surface area (Å²) in [7, 11) is 0. The Morgan fingerprint density at radius 1 is 1.19 bits per heavy atom. The van der Waals surface area contributed by atoms with Gasteiger partial charge in [-0.2, -0.15) is 0 Å². The fourth-order valence-corrected chi connectivity index (χ4v) is 3.36. The summed E-state index contributed by atoms with van der Waals surface area (Å²) < 4.78 is 0. The van der Waals surface area contributed by atoms with Gasteiger partial charge in [0.1, 0.15) is 0 Å². The monoisotopic (exact) mass is 222 g/mol. The molecule has 4 heteroatoms. The average Bonchev–Trinajstić information content (AvgIpc) is 2.83. The van der Waals surface area contributed by atoms with Crippen LogP contribution < -0.4 is 10.6 Å². The molecule has 2 saturated heterocycles. The topological polar surface area (TPSA) is 39.7 Å². The van der Waals surface area contributed by atoms with Crippen molar-refractivity contribution in [2.75, 3.05) is 39.3 Å². The second kappa shape index (κ2) is 4.24. The Hall–Kier alpha value is -0.770. The Balaban J connectivity index is 1.68. The summed E-state index contributed by atoms with van der Waals surface area (Å²) >= 11 is 0. The quantitative estimate of drug-likeness (QED) is 0.624. The second-order valence-electron chi connectivity index (χ2n) is 5.44. The van der Waals surface area contributed by atoms with Gasteiger partial charge in [-0.05, 0) is 32.2 Å². The molecule has 0 radical (unpaired) electrons. The van der Waals surface area contributed by atoms with Crippen molar-refractivity contribution >= 4 is 5.96 Å². The standard InChI is InChI=1S/C12H22N4/c1-3-12(9-13-5-1)4-2-8-16(10-12)11-14-6-7-15-11/h13H,1-10H2,(H,14,15). The number of piperidine rings is 2. The van der Waals surface area contributed by atoms with Gasteiger partial charge in [0.05, 0.1) is 6.54 Å². The van der Waals surface area contributed by atoms with Crippen molar-refractivity contribution in [2.45, 2.75) is 25.7 Å². The number of hydrogen-bond donors (Lipinski definition) is 2. The normalized spacial score (nSPS) is 35.0. The van der Waals surface area contributed by atoms with E-state index < -0.39 is 0 Å². The van der Waals surface area contributed by atoms with Crippen LogP contribution in [0.2, 0.25) is 0 Å². The van der Waals surface area contributed by atoms with E-state index in [1.807, 2.05) is 0 Å². The minimum Gasteiger partial charge on any atom is -0.354 e. The number of hydrogen-bond acceptors (Lipinski definition) is 4. The van der Waals surface area contributed by atoms with Crippen molar-refractivity contribution in [3.8, 4) is 0 Å². The summed E-state index contributed by atoms with van der Waals surface area (Å²) in [6, 6.07) is 0. The Morgan fingerprint density at radius 3 is 2.88 bits per heavy atom. The van der Waals surface area contributed by atoms with Crippen LogP contribution >= 0.6 is 0 Å². The number of likely N-dealkylation sites (tertiary alicyclic amines) is 1. The first kappa shape index (κ1) is 10.4. The first-order valence-electron chi connectivity index (χ1n) is 6.62. The molecule has 4 nitrogen and oxygen atoms in total. The van der Waals surface area contributed by atoms with Crippen LogP contribution in [0.3, 0.4) is 0 Å². The summed E-state index contributed by atoms with van der Waals surface area (Å²) in [5.74, 6) is 1.16. The number of rotatable bonds is 0. The summed E-state index contributed by atoms with van der Waals surface area (Å²) in [5.41, 5.74) is 0.531. The van der Waals surface area contributed by atoms with Gasteiger partial charge >= 0.3 is 0 Å². The molecule has 0 amide bonds. The molecule has 0 saturated carbocycles. The molecule has 1 spiro atoms. The summed E-state index contributed by atoms with van der Waals surface area (Å²) in [4.78, 5) is 7.02. The molecule has 0 aromatic carbocycles. The van der Waals surface area contributed by atoms with E-state index >= 15 is 0 Å². The third-order valence-electron chi connectivity index (χ3n) is 4.18. The highest BCUT2D eigenvalue weighted by Crippen LogP contribution is 2.35. The van der Waals surface area contributed by atoms with Gasteiger partial charge in [-0.25, -0.2) is 0 Å². The van der Waals surface area contributed by atoms with Crippen LogP contribution in [0.25, 0.3) is 0 Å². The maximum Gasteiger partial charge on any atom is 0.194 e. The molecule has 0 aromatic heterocycles. The molecule has 90 valence electrons. The molecule has 3 aliphatic heterocycles. The van der Waals surface area contributed by atoms with E-state index in [4.69, 9.17) is 0 Å². The van der Waals surface area contributed by atoms with Crippen LogP contribution in [0.1, 0.15) is 25.7 Å². The van der Waals surface area contributed by atoms with Gasteiger partial charge in [-0.3, -0.25) is 4.99 Å². The zero-order valence-corrected chi connectivity index (χ0v) is 9.97. The van der Waals surface area contributed by atoms with Gasteiger partial charge in [0.25, 0.3) is 0 Å². The van der Waals surface area contributed by atoms with Crippen LogP contribution in [0.15, 0.2) is 4.99 Å². The van der Waals surface area contributed by atoms with Crippen molar-refractivity contribution in [3.05, 3.63) is 0 Å². The van der Waals surface area contributed by atoms with E-state index in [-0.39, 0.29) is 0 Å². The van der Waals surface area contributed by atoms with Gasteiger partial charge in [0, 0.05) is 31.6 Å². The van der Waals surface area contributed by atoms with E-state index in [2.05, 4.69) is 20.5 Å². The summed E-state index contributed by atoms with van der Waals surface area (Å²) in [6.07, 6.45) is 5.45. The molecule has 0 aliphatic carbocycles. The first-order chi connectivity index (χ1) is 7.88. The average molecular weight is 222 g/mol. The lowest BCUT2D eigenvalue weighted by atomic mass is 9.74. The molecule has 2 fully saturated rings. The zero-order chi connectivity index (χ0) is 10.8. The van der Waals surface area contributed by atoms with Crippen LogP contribution in [-0.4, -0.2) is 50.1 Å². The van der Waals surface area contributed by atoms with Crippen LogP contribution in [0.5, 0.6) is 0 Å². The van der Waals surface area contributed by atoms with Gasteiger partial charge < -0.3 is 15.5 Å². The Kier molecular flexibility index (Phi) is 2.75. The molecule has 3 heterocycles. The fourth-order valence-electron chi connectivity index (χ4n) is 3.36. The predicted octanol–water partition coefficient (Wildman–Crippen LogP) is 0.411. The SMILES string of the molecule is C1CNCC2(C1)CCCN(C1=NCCN1)C2. The van der Waals surface area contributed by atoms with E-state index in [1.165, 1.54) is 51.9 Å². The van der Waals surface area contributed by atoms with E-state index in [9.17, 15) is 0 Å². The Bertz CT molecular complexity index is 275. The highest BCUT2D eigenvalue weighted by molar-refractivity contribution is 5.81. The highest BCUT2D eigenvalue weighted by Gasteiger charge is 2.37. The van der Waals surface area contributed by atoms with Crippen LogP contribution in [0, 0.1) is 5.41 Å². The molecule has 2 N–H and O–H groups in total. The van der Waals surface area contributed by atoms with Crippen molar-refractivity contribution in [3.63, 3.8) is 0 Å². The number of nitrogens with one attached hydrogen (secondary N) is 2. The second-order valence-corrected chi connectivity index (χ2v) is 5.44. The number of aliphatic imine (C=N–C) groups is 1. The molecule has 0 bridgehead atoms. The maximum absolute atomic E-state index is 4.55. The largest absolute Gasteiger partial charge is 0.354 e. The highest BCUT2D eigenvalue weighted by atomic mass is 15.3. The molecule has 3 rings (SSSR count). The molecule has 3 aliphatic rings. The van der Waals surface area contributed by atoms with Crippen molar-refractivity contribution in [1.29, 1.82) is 0 Å². The smallest absolute Gasteiger partial charge is 0.194 e. The van der Waals surface area contributed by atoms with Crippen molar-refractivity contribution in [1.82, 2.24) is 15.5 Å². The molecule has 0 aromatic rings. The lowest BCUT2D eigenvalue weighted by molar-refractivity contribution is 0.103. The number of nitrogens with zero attached hydrogens (tertiary/aromatic N) is 2. The Labute approximate surface area is 97.5 Å². The summed E-state index contributed by atoms with van der Waals surface area (Å²) in [6.45, 7) is 6.78.